The Hall–Kier alpha value is -2.96. The van der Waals surface area contributed by atoms with E-state index in [1.54, 1.807) is 12.1 Å². The molecule has 0 radical (unpaired) electrons. The Morgan fingerprint density at radius 3 is 2.55 bits per heavy atom. The van der Waals surface area contributed by atoms with Crippen LogP contribution in [-0.2, 0) is 4.74 Å². The quantitative estimate of drug-likeness (QED) is 0.520. The summed E-state index contributed by atoms with van der Waals surface area (Å²) in [5, 5.41) is 10.6. The molecule has 1 aromatic heterocycles. The van der Waals surface area contributed by atoms with E-state index in [9.17, 15) is 14.9 Å². The molecule has 0 saturated carbocycles. The summed E-state index contributed by atoms with van der Waals surface area (Å²) in [6.45, 7) is 0. The van der Waals surface area contributed by atoms with Crippen LogP contribution in [0.1, 0.15) is 10.4 Å². The molecule has 0 atom stereocenters. The molecule has 20 heavy (non-hydrogen) atoms. The van der Waals surface area contributed by atoms with Crippen LogP contribution in [0.25, 0.3) is 11.3 Å². The van der Waals surface area contributed by atoms with Crippen LogP contribution in [-0.4, -0.2) is 23.0 Å². The highest BCUT2D eigenvalue weighted by molar-refractivity contribution is 5.95. The van der Waals surface area contributed by atoms with Gasteiger partial charge in [0.05, 0.1) is 35.2 Å². The van der Waals surface area contributed by atoms with Gasteiger partial charge in [-0.05, 0) is 18.2 Å². The second-order valence-corrected chi connectivity index (χ2v) is 3.95. The van der Waals surface area contributed by atoms with Crippen LogP contribution in [0.4, 0.5) is 11.4 Å². The summed E-state index contributed by atoms with van der Waals surface area (Å²) >= 11 is 0. The van der Waals surface area contributed by atoms with Gasteiger partial charge in [0, 0.05) is 17.7 Å². The molecule has 1 heterocycles. The fourth-order valence-electron chi connectivity index (χ4n) is 1.66. The normalized spacial score (nSPS) is 10.1. The number of esters is 1. The van der Waals surface area contributed by atoms with E-state index in [2.05, 4.69) is 9.72 Å². The first-order valence-corrected chi connectivity index (χ1v) is 5.61. The van der Waals surface area contributed by atoms with Crippen molar-refractivity contribution in [1.82, 2.24) is 4.98 Å². The predicted octanol–water partition coefficient (Wildman–Crippen LogP) is 2.03. The third-order valence-electron chi connectivity index (χ3n) is 2.71. The van der Waals surface area contributed by atoms with Crippen LogP contribution in [0, 0.1) is 10.1 Å². The van der Waals surface area contributed by atoms with E-state index in [1.165, 1.54) is 31.5 Å². The molecule has 102 valence electrons. The molecule has 0 amide bonds. The lowest BCUT2D eigenvalue weighted by Crippen LogP contribution is -2.06. The summed E-state index contributed by atoms with van der Waals surface area (Å²) in [7, 11) is 1.26. The zero-order valence-electron chi connectivity index (χ0n) is 10.6. The standard InChI is InChI=1S/C13H11N3O4/c1-20-13(17)10-6-12(15-7-11(10)14)8-2-4-9(5-3-8)16(18)19/h2-7H,14H2,1H3. The van der Waals surface area contributed by atoms with E-state index >= 15 is 0 Å². The van der Waals surface area contributed by atoms with Gasteiger partial charge in [0.25, 0.3) is 5.69 Å². The first kappa shape index (κ1) is 13.5. The predicted molar refractivity (Wildman–Crippen MR) is 72.1 cm³/mol. The van der Waals surface area contributed by atoms with Crippen molar-refractivity contribution in [3.63, 3.8) is 0 Å². The van der Waals surface area contributed by atoms with Crippen LogP contribution < -0.4 is 5.73 Å². The minimum absolute atomic E-state index is 0.0163. The zero-order chi connectivity index (χ0) is 14.7. The second-order valence-electron chi connectivity index (χ2n) is 3.95. The van der Waals surface area contributed by atoms with Crippen LogP contribution in [0.2, 0.25) is 0 Å². The molecule has 0 spiro atoms. The largest absolute Gasteiger partial charge is 0.465 e. The van der Waals surface area contributed by atoms with Gasteiger partial charge >= 0.3 is 5.97 Å². The van der Waals surface area contributed by atoms with Crippen molar-refractivity contribution in [1.29, 1.82) is 0 Å². The van der Waals surface area contributed by atoms with Crippen molar-refractivity contribution in [3.05, 3.63) is 52.2 Å². The summed E-state index contributed by atoms with van der Waals surface area (Å²) in [4.78, 5) is 25.7. The fraction of sp³-hybridized carbons (Fsp3) is 0.0769. The number of nitrogens with zero attached hydrogens (tertiary/aromatic N) is 2. The highest BCUT2D eigenvalue weighted by Gasteiger charge is 2.13. The maximum atomic E-state index is 11.5. The summed E-state index contributed by atoms with van der Waals surface area (Å²) < 4.78 is 4.62. The van der Waals surface area contributed by atoms with Gasteiger partial charge in [-0.3, -0.25) is 15.1 Å². The number of rotatable bonds is 3. The number of aromatic nitrogens is 1. The lowest BCUT2D eigenvalue weighted by Gasteiger charge is -2.06. The van der Waals surface area contributed by atoms with Crippen LogP contribution in [0.15, 0.2) is 36.5 Å². The number of nitrogen functional groups attached to an aromatic ring is 1. The van der Waals surface area contributed by atoms with Crippen molar-refractivity contribution in [2.45, 2.75) is 0 Å². The summed E-state index contributed by atoms with van der Waals surface area (Å²) in [6, 6.07) is 7.33. The van der Waals surface area contributed by atoms with Gasteiger partial charge in [-0.25, -0.2) is 4.79 Å². The van der Waals surface area contributed by atoms with Gasteiger partial charge < -0.3 is 10.5 Å². The van der Waals surface area contributed by atoms with Crippen molar-refractivity contribution >= 4 is 17.3 Å². The average molecular weight is 273 g/mol. The lowest BCUT2D eigenvalue weighted by atomic mass is 10.1. The molecule has 0 unspecified atom stereocenters. The van der Waals surface area contributed by atoms with Crippen molar-refractivity contribution in [3.8, 4) is 11.3 Å². The monoisotopic (exact) mass is 273 g/mol. The molecule has 7 heteroatoms. The topological polar surface area (TPSA) is 108 Å². The zero-order valence-corrected chi connectivity index (χ0v) is 10.6. The van der Waals surface area contributed by atoms with Crippen molar-refractivity contribution in [2.75, 3.05) is 12.8 Å². The minimum Gasteiger partial charge on any atom is -0.465 e. The number of anilines is 1. The first-order valence-electron chi connectivity index (χ1n) is 5.61. The number of carbonyl (C=O) groups excluding carboxylic acids is 1. The average Bonchev–Trinajstić information content (AvgIpc) is 2.47. The third-order valence-corrected chi connectivity index (χ3v) is 2.71. The van der Waals surface area contributed by atoms with Gasteiger partial charge in [-0.15, -0.1) is 0 Å². The Bertz CT molecular complexity index is 668. The van der Waals surface area contributed by atoms with E-state index < -0.39 is 10.9 Å². The van der Waals surface area contributed by atoms with Gasteiger partial charge in [0.15, 0.2) is 0 Å². The molecule has 0 aliphatic heterocycles. The Morgan fingerprint density at radius 2 is 2.00 bits per heavy atom. The number of hydrogen-bond acceptors (Lipinski definition) is 6. The number of carbonyl (C=O) groups is 1. The third kappa shape index (κ3) is 2.56. The molecular formula is C13H11N3O4. The number of nitro benzene ring substituents is 1. The number of benzene rings is 1. The highest BCUT2D eigenvalue weighted by Crippen LogP contribution is 2.23. The molecule has 7 nitrogen and oxygen atoms in total. The van der Waals surface area contributed by atoms with Crippen molar-refractivity contribution < 1.29 is 14.5 Å². The molecule has 0 saturated heterocycles. The van der Waals surface area contributed by atoms with E-state index in [4.69, 9.17) is 5.73 Å². The van der Waals surface area contributed by atoms with Gasteiger partial charge in [0.2, 0.25) is 0 Å². The fourth-order valence-corrected chi connectivity index (χ4v) is 1.66. The molecule has 0 aliphatic carbocycles. The number of methoxy groups -OCH3 is 1. The minimum atomic E-state index is -0.562. The maximum absolute atomic E-state index is 11.5. The summed E-state index contributed by atoms with van der Waals surface area (Å²) in [5.41, 5.74) is 7.17. The molecule has 2 N–H and O–H groups in total. The van der Waals surface area contributed by atoms with Gasteiger partial charge in [0.1, 0.15) is 0 Å². The van der Waals surface area contributed by atoms with Crippen LogP contribution in [0.3, 0.4) is 0 Å². The number of ether oxygens (including phenoxy) is 1. The second kappa shape index (κ2) is 5.35. The van der Waals surface area contributed by atoms with E-state index in [1.807, 2.05) is 0 Å². The van der Waals surface area contributed by atoms with E-state index in [0.29, 0.717) is 11.3 Å². The molecule has 2 rings (SSSR count). The Labute approximate surface area is 114 Å². The Balaban J connectivity index is 2.42. The Kier molecular flexibility index (Phi) is 3.60. The molecule has 0 bridgehead atoms. The first-order chi connectivity index (χ1) is 9.52. The van der Waals surface area contributed by atoms with Gasteiger partial charge in [-0.1, -0.05) is 0 Å². The number of pyridine rings is 1. The number of nitro groups is 1. The molecule has 0 aliphatic rings. The Morgan fingerprint density at radius 1 is 1.35 bits per heavy atom. The summed E-state index contributed by atoms with van der Waals surface area (Å²) in [5.74, 6) is -0.562. The van der Waals surface area contributed by atoms with E-state index in [-0.39, 0.29) is 16.9 Å². The maximum Gasteiger partial charge on any atom is 0.340 e. The van der Waals surface area contributed by atoms with Crippen molar-refractivity contribution in [2.24, 2.45) is 0 Å². The number of non-ortho nitro benzene ring substituents is 1. The van der Waals surface area contributed by atoms with E-state index in [0.717, 1.165) is 0 Å². The number of nitrogens with two attached hydrogens (primary N) is 1. The highest BCUT2D eigenvalue weighted by atomic mass is 16.6. The lowest BCUT2D eigenvalue weighted by molar-refractivity contribution is -0.384. The smallest absolute Gasteiger partial charge is 0.340 e. The number of hydrogen-bond donors (Lipinski definition) is 1. The molecule has 2 aromatic rings. The van der Waals surface area contributed by atoms with Crippen LogP contribution in [0.5, 0.6) is 0 Å². The molecule has 0 fully saturated rings. The molecule has 1 aromatic carbocycles. The van der Waals surface area contributed by atoms with Crippen LogP contribution >= 0.6 is 0 Å². The summed E-state index contributed by atoms with van der Waals surface area (Å²) in [6.07, 6.45) is 1.35. The van der Waals surface area contributed by atoms with Gasteiger partial charge in [-0.2, -0.15) is 0 Å². The SMILES string of the molecule is COC(=O)c1cc(-c2ccc([N+](=O)[O-])cc2)ncc1N. The molecular weight excluding hydrogens is 262 g/mol.